The number of nitrogens with zero attached hydrogens (tertiary/aromatic N) is 3. The molecule has 8 aromatic rings. The summed E-state index contributed by atoms with van der Waals surface area (Å²) >= 11 is 0. The first-order valence-electron chi connectivity index (χ1n) is 16.2. The van der Waals surface area contributed by atoms with Crippen molar-refractivity contribution >= 4 is 38.3 Å². The third-order valence-corrected chi connectivity index (χ3v) is 9.50. The molecule has 10 rings (SSSR count). The van der Waals surface area contributed by atoms with Crippen LogP contribution in [0.2, 0.25) is 0 Å². The lowest BCUT2D eigenvalue weighted by Crippen LogP contribution is -2.17. The highest BCUT2D eigenvalue weighted by Gasteiger charge is 2.33. The second-order valence-electron chi connectivity index (χ2n) is 12.3. The summed E-state index contributed by atoms with van der Waals surface area (Å²) in [6.45, 7) is 0. The Balaban J connectivity index is 1.16. The minimum Gasteiger partial charge on any atom is -0.485 e. The van der Waals surface area contributed by atoms with E-state index >= 15 is 0 Å². The molecule has 1 aliphatic heterocycles. The molecular formula is C43H27N3O2. The summed E-state index contributed by atoms with van der Waals surface area (Å²) in [7, 11) is 0. The summed E-state index contributed by atoms with van der Waals surface area (Å²) in [4.78, 5) is 15.3. The predicted molar refractivity (Wildman–Crippen MR) is 192 cm³/mol. The highest BCUT2D eigenvalue weighted by Crippen LogP contribution is 2.44. The molecule has 0 amide bonds. The molecule has 2 aliphatic rings. The average Bonchev–Trinajstić information content (AvgIpc) is 3.73. The lowest BCUT2D eigenvalue weighted by atomic mass is 9.89. The van der Waals surface area contributed by atoms with Crippen molar-refractivity contribution in [2.75, 3.05) is 0 Å². The van der Waals surface area contributed by atoms with Crippen LogP contribution < -0.4 is 4.74 Å². The Labute approximate surface area is 276 Å². The standard InChI is InChI=1S/C43H27N3O2/c1-2-11-26(12-3-1)41-44-42(27-21-24-38-35(25-27)31-15-6-8-18-36(31)47-38)46-43(45-41)33-23-22-30(28-13-4-5-14-29(28)33)32-17-10-20-39-40(32)34-16-7-9-19-37(34)48-39/h1-25,35,38H. The minimum atomic E-state index is -0.0330. The SMILES string of the molecule is C1=CC2Oc3ccccc3C2C=C1c1nc(-c2ccccc2)nc(-c2ccc(-c3cccc4oc5ccccc5c34)c3ccccc23)n1. The number of fused-ring (bicyclic) bond motifs is 7. The van der Waals surface area contributed by atoms with Gasteiger partial charge in [-0.15, -0.1) is 0 Å². The van der Waals surface area contributed by atoms with Crippen LogP contribution in [0.3, 0.4) is 0 Å². The van der Waals surface area contributed by atoms with Gasteiger partial charge in [0.1, 0.15) is 23.0 Å². The van der Waals surface area contributed by atoms with Crippen LogP contribution in [0, 0.1) is 0 Å². The van der Waals surface area contributed by atoms with Gasteiger partial charge in [-0.05, 0) is 52.2 Å². The number of allylic oxidation sites excluding steroid dienone is 2. The Morgan fingerprint density at radius 1 is 0.500 bits per heavy atom. The maximum Gasteiger partial charge on any atom is 0.164 e. The zero-order chi connectivity index (χ0) is 31.6. The molecule has 1 aliphatic carbocycles. The molecule has 48 heavy (non-hydrogen) atoms. The number of hydrogen-bond donors (Lipinski definition) is 0. The van der Waals surface area contributed by atoms with Crippen molar-refractivity contribution < 1.29 is 9.15 Å². The van der Waals surface area contributed by atoms with Crippen molar-refractivity contribution in [3.05, 3.63) is 163 Å². The van der Waals surface area contributed by atoms with Crippen LogP contribution in [0.1, 0.15) is 17.3 Å². The Morgan fingerprint density at radius 3 is 2.08 bits per heavy atom. The first kappa shape index (κ1) is 26.8. The van der Waals surface area contributed by atoms with Gasteiger partial charge < -0.3 is 9.15 Å². The molecular weight excluding hydrogens is 590 g/mol. The van der Waals surface area contributed by atoms with E-state index in [1.165, 1.54) is 5.56 Å². The fourth-order valence-corrected chi connectivity index (χ4v) is 7.27. The number of benzene rings is 6. The van der Waals surface area contributed by atoms with Gasteiger partial charge in [-0.2, -0.15) is 0 Å². The molecule has 2 atom stereocenters. The van der Waals surface area contributed by atoms with Gasteiger partial charge in [-0.3, -0.25) is 0 Å². The molecule has 2 unspecified atom stereocenters. The van der Waals surface area contributed by atoms with Crippen LogP contribution in [0.4, 0.5) is 0 Å². The van der Waals surface area contributed by atoms with Crippen LogP contribution in [-0.2, 0) is 0 Å². The first-order chi connectivity index (χ1) is 23.8. The van der Waals surface area contributed by atoms with E-state index < -0.39 is 0 Å². The normalized spacial score (nSPS) is 16.5. The summed E-state index contributed by atoms with van der Waals surface area (Å²) in [6.07, 6.45) is 6.41. The molecule has 0 spiro atoms. The van der Waals surface area contributed by atoms with Gasteiger partial charge in [-0.25, -0.2) is 15.0 Å². The lowest BCUT2D eigenvalue weighted by Gasteiger charge is -2.19. The highest BCUT2D eigenvalue weighted by molar-refractivity contribution is 6.16. The number of aromatic nitrogens is 3. The number of rotatable bonds is 4. The van der Waals surface area contributed by atoms with E-state index in [2.05, 4.69) is 91.0 Å². The summed E-state index contributed by atoms with van der Waals surface area (Å²) < 4.78 is 12.5. The van der Waals surface area contributed by atoms with Crippen molar-refractivity contribution in [3.63, 3.8) is 0 Å². The Bertz CT molecular complexity index is 2620. The molecule has 0 fully saturated rings. The van der Waals surface area contributed by atoms with Crippen LogP contribution in [0.25, 0.3) is 72.2 Å². The second kappa shape index (κ2) is 10.6. The van der Waals surface area contributed by atoms with E-state index in [0.29, 0.717) is 17.5 Å². The van der Waals surface area contributed by atoms with Crippen molar-refractivity contribution in [2.45, 2.75) is 12.0 Å². The fraction of sp³-hybridized carbons (Fsp3) is 0.0465. The van der Waals surface area contributed by atoms with Gasteiger partial charge in [0.05, 0.1) is 0 Å². The van der Waals surface area contributed by atoms with Crippen molar-refractivity contribution in [3.8, 4) is 39.7 Å². The predicted octanol–water partition coefficient (Wildman–Crippen LogP) is 10.4. The topological polar surface area (TPSA) is 61.0 Å². The van der Waals surface area contributed by atoms with Crippen LogP contribution in [0.5, 0.6) is 5.75 Å². The number of hydrogen-bond acceptors (Lipinski definition) is 5. The van der Waals surface area contributed by atoms with E-state index in [1.807, 2.05) is 60.7 Å². The van der Waals surface area contributed by atoms with E-state index in [0.717, 1.165) is 66.3 Å². The Hall–Kier alpha value is -6.33. The number of furan rings is 1. The van der Waals surface area contributed by atoms with Gasteiger partial charge in [0.25, 0.3) is 0 Å². The largest absolute Gasteiger partial charge is 0.485 e. The van der Waals surface area contributed by atoms with E-state index in [4.69, 9.17) is 24.1 Å². The average molecular weight is 618 g/mol. The summed E-state index contributed by atoms with van der Waals surface area (Å²) in [5.41, 5.74) is 8.06. The van der Waals surface area contributed by atoms with Gasteiger partial charge in [0, 0.05) is 39.0 Å². The van der Waals surface area contributed by atoms with Crippen LogP contribution in [0.15, 0.2) is 156 Å². The zero-order valence-electron chi connectivity index (χ0n) is 25.7. The Kier molecular flexibility index (Phi) is 5.93. The van der Waals surface area contributed by atoms with Gasteiger partial charge in [-0.1, -0.05) is 121 Å². The molecule has 226 valence electrons. The Morgan fingerprint density at radius 2 is 1.19 bits per heavy atom. The zero-order valence-corrected chi connectivity index (χ0v) is 25.7. The minimum absolute atomic E-state index is 0.0330. The smallest absolute Gasteiger partial charge is 0.164 e. The summed E-state index contributed by atoms with van der Waals surface area (Å²) in [6, 6.07) is 45.7. The first-order valence-corrected chi connectivity index (χ1v) is 16.2. The van der Waals surface area contributed by atoms with E-state index in [-0.39, 0.29) is 12.0 Å². The summed E-state index contributed by atoms with van der Waals surface area (Å²) in [5, 5.41) is 4.42. The third kappa shape index (κ3) is 4.21. The van der Waals surface area contributed by atoms with Crippen LogP contribution >= 0.6 is 0 Å². The van der Waals surface area contributed by atoms with Gasteiger partial charge in [0.2, 0.25) is 0 Å². The third-order valence-electron chi connectivity index (χ3n) is 9.50. The number of ether oxygens (including phenoxy) is 1. The molecule has 0 saturated heterocycles. The quantitative estimate of drug-likeness (QED) is 0.197. The monoisotopic (exact) mass is 617 g/mol. The molecule has 2 aromatic heterocycles. The molecule has 6 aromatic carbocycles. The van der Waals surface area contributed by atoms with E-state index in [1.54, 1.807) is 0 Å². The summed E-state index contributed by atoms with van der Waals surface area (Å²) in [5.74, 6) is 2.94. The van der Waals surface area contributed by atoms with Crippen molar-refractivity contribution in [1.29, 1.82) is 0 Å². The van der Waals surface area contributed by atoms with E-state index in [9.17, 15) is 0 Å². The molecule has 5 nitrogen and oxygen atoms in total. The van der Waals surface area contributed by atoms with Crippen LogP contribution in [-0.4, -0.2) is 21.1 Å². The molecule has 5 heteroatoms. The van der Waals surface area contributed by atoms with Gasteiger partial charge >= 0.3 is 0 Å². The van der Waals surface area contributed by atoms with Crippen molar-refractivity contribution in [1.82, 2.24) is 15.0 Å². The van der Waals surface area contributed by atoms with Gasteiger partial charge in [0.15, 0.2) is 17.5 Å². The maximum atomic E-state index is 6.25. The van der Waals surface area contributed by atoms with Crippen molar-refractivity contribution in [2.24, 2.45) is 0 Å². The molecule has 0 radical (unpaired) electrons. The number of para-hydroxylation sites is 2. The lowest BCUT2D eigenvalue weighted by molar-refractivity contribution is 0.269. The molecule has 0 saturated carbocycles. The maximum absolute atomic E-state index is 6.25. The second-order valence-corrected chi connectivity index (χ2v) is 12.3. The molecule has 0 N–H and O–H groups in total. The molecule has 0 bridgehead atoms. The fourth-order valence-electron chi connectivity index (χ4n) is 7.27. The molecule has 3 heterocycles. The highest BCUT2D eigenvalue weighted by atomic mass is 16.5.